The molecule has 1 rings (SSSR count). The van der Waals surface area contributed by atoms with Crippen LogP contribution in [0.4, 0.5) is 0 Å². The van der Waals surface area contributed by atoms with Crippen molar-refractivity contribution in [3.63, 3.8) is 0 Å². The van der Waals surface area contributed by atoms with Crippen LogP contribution in [0.2, 0.25) is 0 Å². The summed E-state index contributed by atoms with van der Waals surface area (Å²) in [7, 11) is 3.97. The Morgan fingerprint density at radius 2 is 2.26 bits per heavy atom. The number of aliphatic imine (C=N–C) groups is 1. The lowest BCUT2D eigenvalue weighted by atomic mass is 10.2. The lowest BCUT2D eigenvalue weighted by Crippen LogP contribution is -2.42. The molecular formula is C14H26N4S. The highest BCUT2D eigenvalue weighted by Gasteiger charge is 2.06. The summed E-state index contributed by atoms with van der Waals surface area (Å²) in [6, 6.07) is 4.82. The van der Waals surface area contributed by atoms with E-state index in [0.29, 0.717) is 6.04 Å². The molecule has 1 unspecified atom stereocenters. The van der Waals surface area contributed by atoms with Gasteiger partial charge in [-0.1, -0.05) is 13.0 Å². The lowest BCUT2D eigenvalue weighted by molar-refractivity contribution is 0.255. The molecule has 2 N–H and O–H groups in total. The number of likely N-dealkylation sites (N-methyl/N-ethyl adjacent to an activating group) is 1. The fraction of sp³-hybridized carbons (Fsp3) is 0.643. The smallest absolute Gasteiger partial charge is 0.191 e. The van der Waals surface area contributed by atoms with Gasteiger partial charge < -0.3 is 15.5 Å². The van der Waals surface area contributed by atoms with Crippen LogP contribution < -0.4 is 10.6 Å². The number of rotatable bonds is 7. The molecule has 0 saturated carbocycles. The van der Waals surface area contributed by atoms with Gasteiger partial charge in [0.15, 0.2) is 5.96 Å². The first-order chi connectivity index (χ1) is 9.17. The van der Waals surface area contributed by atoms with Crippen molar-refractivity contribution in [3.8, 4) is 0 Å². The molecule has 0 radical (unpaired) electrons. The minimum Gasteiger partial charge on any atom is -0.355 e. The SMILES string of the molecule is CCC(C)N(C)CCNC(=NC)NCc1cccs1. The van der Waals surface area contributed by atoms with Crippen LogP contribution in [0.5, 0.6) is 0 Å². The van der Waals surface area contributed by atoms with Gasteiger partial charge in [-0.25, -0.2) is 0 Å². The summed E-state index contributed by atoms with van der Waals surface area (Å²) in [5.74, 6) is 0.867. The van der Waals surface area contributed by atoms with Gasteiger partial charge >= 0.3 is 0 Å². The van der Waals surface area contributed by atoms with Crippen molar-refractivity contribution in [3.05, 3.63) is 22.4 Å². The molecule has 0 aliphatic carbocycles. The van der Waals surface area contributed by atoms with Gasteiger partial charge in [-0.05, 0) is 31.8 Å². The van der Waals surface area contributed by atoms with E-state index < -0.39 is 0 Å². The Bertz CT molecular complexity index is 362. The molecule has 1 heterocycles. The van der Waals surface area contributed by atoms with Crippen molar-refractivity contribution >= 4 is 17.3 Å². The molecule has 5 heteroatoms. The molecule has 1 atom stereocenters. The minimum absolute atomic E-state index is 0.628. The molecule has 0 aliphatic rings. The Hall–Kier alpha value is -1.07. The summed E-state index contributed by atoms with van der Waals surface area (Å²) in [4.78, 5) is 7.91. The zero-order valence-corrected chi connectivity index (χ0v) is 13.3. The van der Waals surface area contributed by atoms with Gasteiger partial charge in [0, 0.05) is 31.1 Å². The fourth-order valence-corrected chi connectivity index (χ4v) is 2.33. The van der Waals surface area contributed by atoms with E-state index in [1.807, 2.05) is 7.05 Å². The van der Waals surface area contributed by atoms with E-state index in [2.05, 4.69) is 58.9 Å². The quantitative estimate of drug-likeness (QED) is 0.594. The van der Waals surface area contributed by atoms with Crippen molar-refractivity contribution in [2.24, 2.45) is 4.99 Å². The van der Waals surface area contributed by atoms with Crippen LogP contribution in [0.15, 0.2) is 22.5 Å². The van der Waals surface area contributed by atoms with E-state index in [4.69, 9.17) is 0 Å². The standard InChI is InChI=1S/C14H26N4S/c1-5-12(2)18(4)9-8-16-14(15-3)17-11-13-7-6-10-19-13/h6-7,10,12H,5,8-9,11H2,1-4H3,(H2,15,16,17). The molecule has 0 aromatic carbocycles. The predicted octanol–water partition coefficient (Wildman–Crippen LogP) is 2.14. The van der Waals surface area contributed by atoms with Gasteiger partial charge in [-0.2, -0.15) is 0 Å². The average Bonchev–Trinajstić information content (AvgIpc) is 2.94. The average molecular weight is 282 g/mol. The normalized spacial score (nSPS) is 13.6. The number of guanidine groups is 1. The molecule has 1 aromatic rings. The van der Waals surface area contributed by atoms with E-state index in [1.165, 1.54) is 11.3 Å². The fourth-order valence-electron chi connectivity index (χ4n) is 1.69. The monoisotopic (exact) mass is 282 g/mol. The third kappa shape index (κ3) is 6.07. The van der Waals surface area contributed by atoms with Gasteiger partial charge in [-0.3, -0.25) is 4.99 Å². The summed E-state index contributed by atoms with van der Waals surface area (Å²) < 4.78 is 0. The molecular weight excluding hydrogens is 256 g/mol. The van der Waals surface area contributed by atoms with Crippen molar-refractivity contribution in [2.45, 2.75) is 32.9 Å². The van der Waals surface area contributed by atoms with E-state index in [0.717, 1.165) is 25.6 Å². The van der Waals surface area contributed by atoms with Crippen LogP contribution in [0.25, 0.3) is 0 Å². The topological polar surface area (TPSA) is 39.7 Å². The Morgan fingerprint density at radius 3 is 2.84 bits per heavy atom. The highest BCUT2D eigenvalue weighted by Crippen LogP contribution is 2.07. The number of hydrogen-bond acceptors (Lipinski definition) is 3. The van der Waals surface area contributed by atoms with Crippen LogP contribution in [-0.4, -0.2) is 44.1 Å². The molecule has 1 aromatic heterocycles. The summed E-state index contributed by atoms with van der Waals surface area (Å²) in [5.41, 5.74) is 0. The van der Waals surface area contributed by atoms with Crippen molar-refractivity contribution in [2.75, 3.05) is 27.2 Å². The summed E-state index contributed by atoms with van der Waals surface area (Å²) >= 11 is 1.76. The van der Waals surface area contributed by atoms with E-state index >= 15 is 0 Å². The van der Waals surface area contributed by atoms with Gasteiger partial charge in [0.25, 0.3) is 0 Å². The summed E-state index contributed by atoms with van der Waals surface area (Å²) in [5, 5.41) is 8.75. The number of nitrogens with zero attached hydrogens (tertiary/aromatic N) is 2. The summed E-state index contributed by atoms with van der Waals surface area (Å²) in [6.07, 6.45) is 1.18. The Balaban J connectivity index is 2.22. The van der Waals surface area contributed by atoms with Gasteiger partial charge in [-0.15, -0.1) is 11.3 Å². The van der Waals surface area contributed by atoms with E-state index in [-0.39, 0.29) is 0 Å². The van der Waals surface area contributed by atoms with Crippen LogP contribution in [0, 0.1) is 0 Å². The van der Waals surface area contributed by atoms with Crippen molar-refractivity contribution < 1.29 is 0 Å². The van der Waals surface area contributed by atoms with Crippen molar-refractivity contribution in [1.82, 2.24) is 15.5 Å². The molecule has 19 heavy (non-hydrogen) atoms. The van der Waals surface area contributed by atoms with Crippen LogP contribution >= 0.6 is 11.3 Å². The molecule has 108 valence electrons. The van der Waals surface area contributed by atoms with E-state index in [1.54, 1.807) is 11.3 Å². The molecule has 0 spiro atoms. The maximum Gasteiger partial charge on any atom is 0.191 e. The highest BCUT2D eigenvalue weighted by molar-refractivity contribution is 7.09. The third-order valence-corrected chi connectivity index (χ3v) is 4.21. The number of hydrogen-bond donors (Lipinski definition) is 2. The largest absolute Gasteiger partial charge is 0.355 e. The molecule has 0 bridgehead atoms. The summed E-state index contributed by atoms with van der Waals surface area (Å²) in [6.45, 7) is 7.23. The molecule has 0 aliphatic heterocycles. The molecule has 4 nitrogen and oxygen atoms in total. The zero-order valence-electron chi connectivity index (χ0n) is 12.4. The minimum atomic E-state index is 0.628. The highest BCUT2D eigenvalue weighted by atomic mass is 32.1. The first kappa shape index (κ1) is 16.0. The van der Waals surface area contributed by atoms with Crippen LogP contribution in [0.3, 0.4) is 0 Å². The van der Waals surface area contributed by atoms with Crippen LogP contribution in [-0.2, 0) is 6.54 Å². The van der Waals surface area contributed by atoms with Gasteiger partial charge in [0.1, 0.15) is 0 Å². The van der Waals surface area contributed by atoms with E-state index in [9.17, 15) is 0 Å². The lowest BCUT2D eigenvalue weighted by Gasteiger charge is -2.23. The number of thiophene rings is 1. The van der Waals surface area contributed by atoms with Crippen LogP contribution in [0.1, 0.15) is 25.1 Å². The second-order valence-electron chi connectivity index (χ2n) is 4.67. The van der Waals surface area contributed by atoms with Crippen molar-refractivity contribution in [1.29, 1.82) is 0 Å². The third-order valence-electron chi connectivity index (χ3n) is 3.33. The maximum atomic E-state index is 4.23. The first-order valence-corrected chi connectivity index (χ1v) is 7.72. The Morgan fingerprint density at radius 1 is 1.47 bits per heavy atom. The number of nitrogens with one attached hydrogen (secondary N) is 2. The molecule has 0 saturated heterocycles. The Labute approximate surface area is 120 Å². The molecule has 0 amide bonds. The maximum absolute atomic E-state index is 4.23. The Kier molecular flexibility index (Phi) is 7.52. The van der Waals surface area contributed by atoms with Gasteiger partial charge in [0.05, 0.1) is 6.54 Å². The zero-order chi connectivity index (χ0) is 14.1. The predicted molar refractivity (Wildman–Crippen MR) is 84.9 cm³/mol. The van der Waals surface area contributed by atoms with Gasteiger partial charge in [0.2, 0.25) is 0 Å². The second kappa shape index (κ2) is 8.93. The first-order valence-electron chi connectivity index (χ1n) is 6.84. The molecule has 0 fully saturated rings. The second-order valence-corrected chi connectivity index (χ2v) is 5.70.